The first kappa shape index (κ1) is 33.0. The van der Waals surface area contributed by atoms with Crippen molar-refractivity contribution in [1.82, 2.24) is 15.7 Å². The predicted octanol–water partition coefficient (Wildman–Crippen LogP) is 6.13. The molecule has 1 heterocycles. The topological polar surface area (TPSA) is 101 Å². The van der Waals surface area contributed by atoms with Gasteiger partial charge < -0.3 is 15.1 Å². The molecule has 41 heavy (non-hydrogen) atoms. The Morgan fingerprint density at radius 3 is 2.49 bits per heavy atom. The summed E-state index contributed by atoms with van der Waals surface area (Å²) in [4.78, 5) is 41.8. The minimum atomic E-state index is -0.417. The summed E-state index contributed by atoms with van der Waals surface area (Å²) in [6, 6.07) is 20.9. The molecule has 2 amide bonds. The fourth-order valence-electron chi connectivity index (χ4n) is 4.27. The number of benzene rings is 2. The van der Waals surface area contributed by atoms with Crippen molar-refractivity contribution in [3.05, 3.63) is 90.2 Å². The van der Waals surface area contributed by atoms with Crippen LogP contribution < -0.4 is 10.6 Å². The van der Waals surface area contributed by atoms with Gasteiger partial charge in [-0.25, -0.2) is 5.06 Å². The fourth-order valence-corrected chi connectivity index (χ4v) is 4.27. The largest absolute Gasteiger partial charge is 0.455 e. The number of Topliss-reactive ketones (excluding diaryl/α,β-unsaturated/α-hetero) is 1. The van der Waals surface area contributed by atoms with Gasteiger partial charge >= 0.3 is 0 Å². The fraction of sp³-hybridized carbons (Fsp3) is 0.364. The molecule has 0 radical (unpaired) electrons. The molecule has 0 fully saturated rings. The van der Waals surface area contributed by atoms with Gasteiger partial charge in [-0.1, -0.05) is 88.7 Å². The van der Waals surface area contributed by atoms with Gasteiger partial charge in [-0.15, -0.1) is 0 Å². The van der Waals surface area contributed by atoms with E-state index in [1.807, 2.05) is 66.7 Å². The van der Waals surface area contributed by atoms with Gasteiger partial charge in [0.05, 0.1) is 24.8 Å². The van der Waals surface area contributed by atoms with E-state index in [9.17, 15) is 14.4 Å². The standard InChI is InChI=1S/C32H39N3O5.CH4/c1-4-5-7-14-29(20-35(23-36)39-21-26-11-8-6-9-12-26)32(38)34-22-33-25(3)30-16-17-31(40-30)28-15-10-13-27(19-28)18-24(2)37;/h6,8-13,15-17,19,23,29,33H,3-5,7,14,18,20-22H2,1-2H3,(H,34,38);1H4. The molecule has 0 aliphatic carbocycles. The molecule has 0 saturated heterocycles. The summed E-state index contributed by atoms with van der Waals surface area (Å²) in [5.74, 6) is 0.715. The smallest absolute Gasteiger partial charge is 0.233 e. The number of carbonyl (C=O) groups is 3. The third-order valence-corrected chi connectivity index (χ3v) is 6.42. The zero-order valence-electron chi connectivity index (χ0n) is 23.4. The maximum absolute atomic E-state index is 13.1. The van der Waals surface area contributed by atoms with Gasteiger partial charge in [-0.05, 0) is 42.7 Å². The van der Waals surface area contributed by atoms with Crippen LogP contribution in [0.3, 0.4) is 0 Å². The number of nitrogens with zero attached hydrogens (tertiary/aromatic N) is 1. The average Bonchev–Trinajstić information content (AvgIpc) is 3.45. The van der Waals surface area contributed by atoms with Crippen LogP contribution in [0.2, 0.25) is 0 Å². The normalized spacial score (nSPS) is 11.2. The quantitative estimate of drug-likeness (QED) is 0.0838. The number of furan rings is 1. The molecular formula is C33H43N3O5. The average molecular weight is 562 g/mol. The van der Waals surface area contributed by atoms with Crippen LogP contribution in [0.4, 0.5) is 0 Å². The predicted molar refractivity (Wildman–Crippen MR) is 162 cm³/mol. The van der Waals surface area contributed by atoms with Crippen molar-refractivity contribution in [2.75, 3.05) is 13.2 Å². The lowest BCUT2D eigenvalue weighted by Crippen LogP contribution is -2.41. The number of nitrogens with one attached hydrogen (secondary N) is 2. The molecule has 2 N–H and O–H groups in total. The Kier molecular flexibility index (Phi) is 14.1. The summed E-state index contributed by atoms with van der Waals surface area (Å²) in [6.07, 6.45) is 4.55. The van der Waals surface area contributed by atoms with Crippen molar-refractivity contribution < 1.29 is 23.6 Å². The van der Waals surface area contributed by atoms with Crippen LogP contribution >= 0.6 is 0 Å². The molecule has 8 heteroatoms. The summed E-state index contributed by atoms with van der Waals surface area (Å²) in [5, 5.41) is 7.18. The van der Waals surface area contributed by atoms with E-state index in [0.717, 1.165) is 36.0 Å². The number of amides is 2. The second-order valence-corrected chi connectivity index (χ2v) is 9.77. The van der Waals surface area contributed by atoms with E-state index < -0.39 is 5.92 Å². The first-order valence-corrected chi connectivity index (χ1v) is 13.7. The second kappa shape index (κ2) is 17.5. The van der Waals surface area contributed by atoms with Crippen LogP contribution in [0.25, 0.3) is 17.0 Å². The van der Waals surface area contributed by atoms with E-state index in [1.165, 1.54) is 5.06 Å². The summed E-state index contributed by atoms with van der Waals surface area (Å²) < 4.78 is 5.97. The van der Waals surface area contributed by atoms with Gasteiger partial charge in [-0.2, -0.15) is 0 Å². The maximum Gasteiger partial charge on any atom is 0.233 e. The minimum absolute atomic E-state index is 0. The molecule has 1 unspecified atom stereocenters. The first-order valence-electron chi connectivity index (χ1n) is 13.7. The van der Waals surface area contributed by atoms with E-state index in [2.05, 4.69) is 24.1 Å². The lowest BCUT2D eigenvalue weighted by Gasteiger charge is -2.23. The van der Waals surface area contributed by atoms with Crippen LogP contribution in [0, 0.1) is 5.92 Å². The lowest BCUT2D eigenvalue weighted by atomic mass is 10.0. The van der Waals surface area contributed by atoms with Gasteiger partial charge in [0, 0.05) is 12.0 Å². The Morgan fingerprint density at radius 2 is 1.78 bits per heavy atom. The van der Waals surface area contributed by atoms with Gasteiger partial charge in [0.15, 0.2) is 0 Å². The summed E-state index contributed by atoms with van der Waals surface area (Å²) >= 11 is 0. The van der Waals surface area contributed by atoms with E-state index >= 15 is 0 Å². The number of rotatable bonds is 18. The Morgan fingerprint density at radius 1 is 1.02 bits per heavy atom. The summed E-state index contributed by atoms with van der Waals surface area (Å²) in [7, 11) is 0. The Hall–Kier alpha value is -4.17. The molecule has 2 aromatic carbocycles. The maximum atomic E-state index is 13.1. The lowest BCUT2D eigenvalue weighted by molar-refractivity contribution is -0.182. The molecule has 0 aliphatic heterocycles. The molecule has 1 aromatic heterocycles. The SMILES string of the molecule is C.C=C(NCNC(=O)C(CCCCC)CN(C=O)OCc1ccccc1)c1ccc(-c2cccc(CC(C)=O)c2)o1. The number of carbonyl (C=O) groups excluding carboxylic acids is 3. The number of hydroxylamine groups is 2. The highest BCUT2D eigenvalue weighted by Gasteiger charge is 2.22. The molecule has 0 aliphatic rings. The minimum Gasteiger partial charge on any atom is -0.455 e. The highest BCUT2D eigenvalue weighted by atomic mass is 16.7. The van der Waals surface area contributed by atoms with Crippen molar-refractivity contribution in [3.8, 4) is 11.3 Å². The number of unbranched alkanes of at least 4 members (excludes halogenated alkanes) is 2. The molecule has 0 spiro atoms. The van der Waals surface area contributed by atoms with Crippen molar-refractivity contribution >= 4 is 23.8 Å². The van der Waals surface area contributed by atoms with Crippen LogP contribution in [0.5, 0.6) is 0 Å². The van der Waals surface area contributed by atoms with Gasteiger partial charge in [0.1, 0.15) is 23.9 Å². The number of hydrogen-bond acceptors (Lipinski definition) is 6. The van der Waals surface area contributed by atoms with Gasteiger partial charge in [0.25, 0.3) is 0 Å². The Bertz CT molecular complexity index is 1250. The van der Waals surface area contributed by atoms with Crippen LogP contribution in [-0.2, 0) is 32.2 Å². The third-order valence-electron chi connectivity index (χ3n) is 6.42. The monoisotopic (exact) mass is 561 g/mol. The van der Waals surface area contributed by atoms with E-state index in [0.29, 0.717) is 36.5 Å². The van der Waals surface area contributed by atoms with Crippen molar-refractivity contribution in [2.24, 2.45) is 5.92 Å². The molecule has 1 atom stereocenters. The molecule has 3 aromatic rings. The van der Waals surface area contributed by atoms with E-state index in [4.69, 9.17) is 9.25 Å². The zero-order chi connectivity index (χ0) is 28.7. The second-order valence-electron chi connectivity index (χ2n) is 9.77. The number of ketones is 1. The van der Waals surface area contributed by atoms with Crippen LogP contribution in [0.1, 0.15) is 63.8 Å². The molecule has 0 saturated carbocycles. The van der Waals surface area contributed by atoms with Crippen LogP contribution in [0.15, 0.2) is 77.7 Å². The van der Waals surface area contributed by atoms with Gasteiger partial charge in [-0.3, -0.25) is 19.2 Å². The summed E-state index contributed by atoms with van der Waals surface area (Å²) in [5.41, 5.74) is 3.26. The highest BCUT2D eigenvalue weighted by molar-refractivity contribution is 5.79. The van der Waals surface area contributed by atoms with Crippen LogP contribution in [-0.4, -0.2) is 36.4 Å². The third kappa shape index (κ3) is 11.1. The van der Waals surface area contributed by atoms with Gasteiger partial charge in [0.2, 0.25) is 12.3 Å². The van der Waals surface area contributed by atoms with E-state index in [1.54, 1.807) is 6.92 Å². The van der Waals surface area contributed by atoms with Crippen molar-refractivity contribution in [3.63, 3.8) is 0 Å². The number of hydrogen-bond donors (Lipinski definition) is 2. The van der Waals surface area contributed by atoms with Crippen molar-refractivity contribution in [1.29, 1.82) is 0 Å². The first-order chi connectivity index (χ1) is 19.4. The zero-order valence-corrected chi connectivity index (χ0v) is 23.4. The summed E-state index contributed by atoms with van der Waals surface area (Å²) in [6.45, 7) is 8.26. The molecule has 8 nitrogen and oxygen atoms in total. The Balaban J connectivity index is 0.00000588. The molecule has 0 bridgehead atoms. The van der Waals surface area contributed by atoms with E-state index in [-0.39, 0.29) is 38.9 Å². The Labute approximate surface area is 243 Å². The molecule has 3 rings (SSSR count). The highest BCUT2D eigenvalue weighted by Crippen LogP contribution is 2.25. The van der Waals surface area contributed by atoms with Crippen molar-refractivity contribution in [2.45, 2.75) is 60.0 Å². The molecular weight excluding hydrogens is 518 g/mol. The molecule has 220 valence electrons.